The molecule has 1 aliphatic heterocycles. The molecule has 1 aromatic carbocycles. The number of hydrogen-bond donors (Lipinski definition) is 0. The maximum atomic E-state index is 4.26. The smallest absolute Gasteiger partial charge is 0.0700 e. The summed E-state index contributed by atoms with van der Waals surface area (Å²) >= 11 is 0. The fourth-order valence-corrected chi connectivity index (χ4v) is 1.25. The molecule has 0 amide bonds. The van der Waals surface area contributed by atoms with Crippen LogP contribution in [0.15, 0.2) is 35.8 Å². The van der Waals surface area contributed by atoms with Crippen LogP contribution in [0.5, 0.6) is 0 Å². The number of aliphatic imine (C=N–C) groups is 1. The Morgan fingerprint density at radius 2 is 2.09 bits per heavy atom. The van der Waals surface area contributed by atoms with E-state index < -0.39 is 0 Å². The summed E-state index contributed by atoms with van der Waals surface area (Å²) in [7, 11) is 0. The lowest BCUT2D eigenvalue weighted by molar-refractivity contribution is 1.38. The maximum absolute atomic E-state index is 4.26. The van der Waals surface area contributed by atoms with Gasteiger partial charge in [-0.1, -0.05) is 24.8 Å². The third kappa shape index (κ3) is 0.984. The first kappa shape index (κ1) is 6.35. The maximum Gasteiger partial charge on any atom is 0.0700 e. The Morgan fingerprint density at radius 1 is 1.27 bits per heavy atom. The summed E-state index contributed by atoms with van der Waals surface area (Å²) in [6.07, 6.45) is 2.79. The van der Waals surface area contributed by atoms with Crippen molar-refractivity contribution in [3.63, 3.8) is 0 Å². The zero-order valence-electron chi connectivity index (χ0n) is 6.25. The van der Waals surface area contributed by atoms with E-state index in [0.29, 0.717) is 0 Å². The molecular weight excluding hydrogens is 134 g/mol. The highest BCUT2D eigenvalue weighted by Gasteiger charge is 2.06. The van der Waals surface area contributed by atoms with Gasteiger partial charge in [0.05, 0.1) is 5.69 Å². The molecule has 54 valence electrons. The van der Waals surface area contributed by atoms with Gasteiger partial charge in [-0.25, -0.2) is 0 Å². The van der Waals surface area contributed by atoms with Crippen LogP contribution in [0.4, 0.5) is 5.69 Å². The van der Waals surface area contributed by atoms with Crippen LogP contribution >= 0.6 is 0 Å². The number of para-hydroxylation sites is 1. The van der Waals surface area contributed by atoms with Gasteiger partial charge in [0.15, 0.2) is 0 Å². The molecule has 11 heavy (non-hydrogen) atoms. The lowest BCUT2D eigenvalue weighted by Crippen LogP contribution is -1.90. The van der Waals surface area contributed by atoms with Gasteiger partial charge in [0.1, 0.15) is 0 Å². The lowest BCUT2D eigenvalue weighted by Gasteiger charge is -2.10. The van der Waals surface area contributed by atoms with Gasteiger partial charge in [-0.05, 0) is 11.6 Å². The number of benzene rings is 1. The van der Waals surface area contributed by atoms with Crippen molar-refractivity contribution in [2.45, 2.75) is 6.42 Å². The van der Waals surface area contributed by atoms with Crippen LogP contribution in [-0.4, -0.2) is 6.21 Å². The van der Waals surface area contributed by atoms with Crippen molar-refractivity contribution < 1.29 is 0 Å². The minimum absolute atomic E-state index is 0.886. The van der Waals surface area contributed by atoms with E-state index in [1.807, 2.05) is 24.4 Å². The highest BCUT2D eigenvalue weighted by atomic mass is 14.7. The van der Waals surface area contributed by atoms with Gasteiger partial charge in [0, 0.05) is 18.2 Å². The molecular formula is C10H9N. The Bertz CT molecular complexity index is 323. The molecule has 0 atom stereocenters. The van der Waals surface area contributed by atoms with E-state index in [1.165, 1.54) is 5.56 Å². The van der Waals surface area contributed by atoms with Crippen molar-refractivity contribution in [3.05, 3.63) is 36.4 Å². The number of rotatable bonds is 0. The highest BCUT2D eigenvalue weighted by Crippen LogP contribution is 2.29. The zero-order valence-corrected chi connectivity index (χ0v) is 6.25. The summed E-state index contributed by atoms with van der Waals surface area (Å²) in [5.74, 6) is 0. The fourth-order valence-electron chi connectivity index (χ4n) is 1.25. The Balaban J connectivity index is 2.63. The summed E-state index contributed by atoms with van der Waals surface area (Å²) in [6, 6.07) is 8.09. The molecule has 1 nitrogen and oxygen atoms in total. The molecule has 0 aromatic heterocycles. The van der Waals surface area contributed by atoms with Crippen LogP contribution in [0.2, 0.25) is 0 Å². The van der Waals surface area contributed by atoms with Gasteiger partial charge < -0.3 is 0 Å². The van der Waals surface area contributed by atoms with Gasteiger partial charge in [-0.15, -0.1) is 0 Å². The Hall–Kier alpha value is -1.37. The van der Waals surface area contributed by atoms with Crippen molar-refractivity contribution in [1.29, 1.82) is 0 Å². The second-order valence-corrected chi connectivity index (χ2v) is 2.64. The predicted molar refractivity (Wildman–Crippen MR) is 48.2 cm³/mol. The molecule has 0 saturated heterocycles. The first-order chi connectivity index (χ1) is 5.38. The van der Waals surface area contributed by atoms with Crippen molar-refractivity contribution >= 4 is 17.5 Å². The quantitative estimate of drug-likeness (QED) is 0.529. The Labute approximate surface area is 66.1 Å². The topological polar surface area (TPSA) is 12.4 Å². The van der Waals surface area contributed by atoms with E-state index in [0.717, 1.165) is 17.7 Å². The molecule has 0 radical (unpaired) electrons. The van der Waals surface area contributed by atoms with Gasteiger partial charge >= 0.3 is 0 Å². The molecule has 1 aromatic rings. The third-order valence-corrected chi connectivity index (χ3v) is 1.85. The normalized spacial score (nSPS) is 14.7. The molecule has 0 aliphatic carbocycles. The summed E-state index contributed by atoms with van der Waals surface area (Å²) in [5, 5.41) is 0. The van der Waals surface area contributed by atoms with E-state index in [4.69, 9.17) is 0 Å². The summed E-state index contributed by atoms with van der Waals surface area (Å²) < 4.78 is 0. The first-order valence-electron chi connectivity index (χ1n) is 3.67. The summed E-state index contributed by atoms with van der Waals surface area (Å²) in [4.78, 5) is 4.26. The average Bonchev–Trinajstić information content (AvgIpc) is 2.06. The SMILES string of the molecule is C=C1CC=Nc2ccccc21. The van der Waals surface area contributed by atoms with Crippen LogP contribution in [0.1, 0.15) is 12.0 Å². The van der Waals surface area contributed by atoms with Gasteiger partial charge in [-0.3, -0.25) is 4.99 Å². The number of hydrogen-bond acceptors (Lipinski definition) is 1. The zero-order chi connectivity index (χ0) is 7.68. The van der Waals surface area contributed by atoms with E-state index in [1.54, 1.807) is 0 Å². The minimum atomic E-state index is 0.886. The largest absolute Gasteiger partial charge is 0.260 e. The molecule has 2 rings (SSSR count). The molecule has 1 heterocycles. The van der Waals surface area contributed by atoms with Crippen molar-refractivity contribution in [2.75, 3.05) is 0 Å². The minimum Gasteiger partial charge on any atom is -0.260 e. The number of allylic oxidation sites excluding steroid dienone is 1. The Morgan fingerprint density at radius 3 is 2.91 bits per heavy atom. The number of nitrogens with zero attached hydrogens (tertiary/aromatic N) is 1. The molecule has 1 aliphatic rings. The fraction of sp³-hybridized carbons (Fsp3) is 0.100. The van der Waals surface area contributed by atoms with E-state index in [-0.39, 0.29) is 0 Å². The third-order valence-electron chi connectivity index (χ3n) is 1.85. The molecule has 0 saturated carbocycles. The molecule has 0 spiro atoms. The van der Waals surface area contributed by atoms with Crippen LogP contribution < -0.4 is 0 Å². The van der Waals surface area contributed by atoms with Crippen LogP contribution in [0.25, 0.3) is 5.57 Å². The number of fused-ring (bicyclic) bond motifs is 1. The van der Waals surface area contributed by atoms with Crippen LogP contribution in [0.3, 0.4) is 0 Å². The van der Waals surface area contributed by atoms with Crippen LogP contribution in [0, 0.1) is 0 Å². The summed E-state index contributed by atoms with van der Waals surface area (Å²) in [6.45, 7) is 3.96. The molecule has 0 bridgehead atoms. The van der Waals surface area contributed by atoms with Gasteiger partial charge in [0.2, 0.25) is 0 Å². The highest BCUT2D eigenvalue weighted by molar-refractivity contribution is 5.88. The van der Waals surface area contributed by atoms with Crippen molar-refractivity contribution in [1.82, 2.24) is 0 Å². The molecule has 1 heteroatoms. The predicted octanol–water partition coefficient (Wildman–Crippen LogP) is 2.81. The van der Waals surface area contributed by atoms with Crippen molar-refractivity contribution in [3.8, 4) is 0 Å². The standard InChI is InChI=1S/C10H9N/c1-8-6-7-11-10-5-3-2-4-9(8)10/h2-5,7H,1,6H2. The molecule has 0 unspecified atom stereocenters. The van der Waals surface area contributed by atoms with Gasteiger partial charge in [0.25, 0.3) is 0 Å². The molecule has 0 fully saturated rings. The van der Waals surface area contributed by atoms with Gasteiger partial charge in [-0.2, -0.15) is 0 Å². The molecule has 0 N–H and O–H groups in total. The van der Waals surface area contributed by atoms with E-state index in [2.05, 4.69) is 17.6 Å². The van der Waals surface area contributed by atoms with E-state index >= 15 is 0 Å². The van der Waals surface area contributed by atoms with Crippen LogP contribution in [-0.2, 0) is 0 Å². The second kappa shape index (κ2) is 2.35. The summed E-state index contributed by atoms with van der Waals surface area (Å²) in [5.41, 5.74) is 3.40. The Kier molecular flexibility index (Phi) is 1.35. The van der Waals surface area contributed by atoms with E-state index in [9.17, 15) is 0 Å². The monoisotopic (exact) mass is 143 g/mol. The average molecular weight is 143 g/mol. The lowest BCUT2D eigenvalue weighted by atomic mass is 10.0. The second-order valence-electron chi connectivity index (χ2n) is 2.64. The first-order valence-corrected chi connectivity index (χ1v) is 3.67. The van der Waals surface area contributed by atoms with Crippen molar-refractivity contribution in [2.24, 2.45) is 4.99 Å².